The van der Waals surface area contributed by atoms with Gasteiger partial charge in [0.15, 0.2) is 5.78 Å². The highest BCUT2D eigenvalue weighted by molar-refractivity contribution is 5.98. The quantitative estimate of drug-likeness (QED) is 0.557. The molecule has 0 aliphatic heterocycles. The molecule has 2 rings (SSSR count). The zero-order chi connectivity index (χ0) is 9.69. The summed E-state index contributed by atoms with van der Waals surface area (Å²) in [4.78, 5) is 11.8. The Morgan fingerprint density at radius 3 is 2.69 bits per heavy atom. The predicted molar refractivity (Wildman–Crippen MR) is 53.4 cm³/mol. The number of hydrogen-bond acceptors (Lipinski definition) is 1. The summed E-state index contributed by atoms with van der Waals surface area (Å²) in [6.07, 6.45) is 6.37. The summed E-state index contributed by atoms with van der Waals surface area (Å²) >= 11 is 0. The van der Waals surface area contributed by atoms with Crippen LogP contribution in [0.25, 0.3) is 0 Å². The van der Waals surface area contributed by atoms with Crippen LogP contribution in [0.4, 0.5) is 0 Å². The van der Waals surface area contributed by atoms with Gasteiger partial charge >= 0.3 is 0 Å². The van der Waals surface area contributed by atoms with E-state index in [-0.39, 0.29) is 10.8 Å². The number of carbonyl (C=O) groups excluding carboxylic acids is 1. The zero-order valence-corrected chi connectivity index (χ0v) is 8.81. The fraction of sp³-hybridized carbons (Fsp3) is 0.750. The molecule has 0 heterocycles. The zero-order valence-electron chi connectivity index (χ0n) is 8.81. The molecule has 0 radical (unpaired) electrons. The van der Waals surface area contributed by atoms with E-state index in [9.17, 15) is 4.79 Å². The van der Waals surface area contributed by atoms with Crippen molar-refractivity contribution in [3.63, 3.8) is 0 Å². The van der Waals surface area contributed by atoms with Gasteiger partial charge in [0, 0.05) is 6.42 Å². The Labute approximate surface area is 80.2 Å². The summed E-state index contributed by atoms with van der Waals surface area (Å²) in [7, 11) is 0. The number of Topliss-reactive ketones (excluding diaryl/α,β-unsaturated/α-hetero) is 1. The number of hydrogen-bond donors (Lipinski definition) is 0. The molecule has 0 amide bonds. The van der Waals surface area contributed by atoms with Crippen LogP contribution >= 0.6 is 0 Å². The van der Waals surface area contributed by atoms with Crippen LogP contribution in [-0.4, -0.2) is 5.78 Å². The molecule has 2 aliphatic carbocycles. The van der Waals surface area contributed by atoms with Crippen molar-refractivity contribution in [1.82, 2.24) is 0 Å². The maximum absolute atomic E-state index is 11.8. The highest BCUT2D eigenvalue weighted by atomic mass is 16.1. The highest BCUT2D eigenvalue weighted by Crippen LogP contribution is 2.52. The lowest BCUT2D eigenvalue weighted by Crippen LogP contribution is -2.36. The third-order valence-electron chi connectivity index (χ3n) is 3.50. The third-order valence-corrected chi connectivity index (χ3v) is 3.50. The van der Waals surface area contributed by atoms with E-state index in [1.165, 1.54) is 12.8 Å². The molecule has 13 heavy (non-hydrogen) atoms. The largest absolute Gasteiger partial charge is 0.295 e. The van der Waals surface area contributed by atoms with Gasteiger partial charge in [-0.25, -0.2) is 0 Å². The molecule has 1 saturated carbocycles. The summed E-state index contributed by atoms with van der Waals surface area (Å²) in [5, 5.41) is 0. The van der Waals surface area contributed by atoms with E-state index in [4.69, 9.17) is 0 Å². The van der Waals surface area contributed by atoms with Crippen LogP contribution in [0, 0.1) is 10.8 Å². The number of allylic oxidation sites excluding steroid dienone is 2. The van der Waals surface area contributed by atoms with Crippen molar-refractivity contribution in [2.75, 3.05) is 0 Å². The molecular formula is C12H18O. The van der Waals surface area contributed by atoms with Gasteiger partial charge in [-0.05, 0) is 35.7 Å². The Morgan fingerprint density at radius 2 is 2.00 bits per heavy atom. The van der Waals surface area contributed by atoms with E-state index in [1.807, 2.05) is 0 Å². The molecule has 1 atom stereocenters. The minimum atomic E-state index is 0.207. The van der Waals surface area contributed by atoms with Gasteiger partial charge in [-0.2, -0.15) is 0 Å². The molecule has 72 valence electrons. The van der Waals surface area contributed by atoms with Gasteiger partial charge < -0.3 is 0 Å². The van der Waals surface area contributed by atoms with Gasteiger partial charge in [-0.3, -0.25) is 4.79 Å². The van der Waals surface area contributed by atoms with Crippen molar-refractivity contribution in [2.24, 2.45) is 10.8 Å². The van der Waals surface area contributed by atoms with E-state index in [0.717, 1.165) is 18.4 Å². The summed E-state index contributed by atoms with van der Waals surface area (Å²) < 4.78 is 0. The molecule has 1 heteroatoms. The molecule has 2 aliphatic rings. The van der Waals surface area contributed by atoms with E-state index in [0.29, 0.717) is 5.78 Å². The molecule has 0 spiro atoms. The topological polar surface area (TPSA) is 17.1 Å². The smallest absolute Gasteiger partial charge is 0.159 e. The van der Waals surface area contributed by atoms with E-state index < -0.39 is 0 Å². The van der Waals surface area contributed by atoms with Crippen LogP contribution in [0.15, 0.2) is 11.6 Å². The Kier molecular flexibility index (Phi) is 1.70. The molecule has 0 aromatic carbocycles. The predicted octanol–water partition coefficient (Wildman–Crippen LogP) is 3.10. The van der Waals surface area contributed by atoms with Gasteiger partial charge in [0.25, 0.3) is 0 Å². The minimum Gasteiger partial charge on any atom is -0.295 e. The van der Waals surface area contributed by atoms with Gasteiger partial charge in [-0.15, -0.1) is 0 Å². The second-order valence-corrected chi connectivity index (χ2v) is 5.66. The van der Waals surface area contributed by atoms with Crippen LogP contribution in [-0.2, 0) is 4.79 Å². The van der Waals surface area contributed by atoms with E-state index in [2.05, 4.69) is 26.8 Å². The van der Waals surface area contributed by atoms with Gasteiger partial charge in [0.2, 0.25) is 0 Å². The molecule has 0 N–H and O–H groups in total. The Bertz CT molecular complexity index is 285. The first-order chi connectivity index (χ1) is 5.93. The lowest BCUT2D eigenvalue weighted by molar-refractivity contribution is -0.121. The SMILES string of the molecule is CC1(C)CC(=O)C2=CCCC2(C)C1. The Hall–Kier alpha value is -0.590. The molecule has 1 fully saturated rings. The molecule has 0 bridgehead atoms. The summed E-state index contributed by atoms with van der Waals surface area (Å²) in [5.74, 6) is 0.399. The highest BCUT2D eigenvalue weighted by Gasteiger charge is 2.45. The van der Waals surface area contributed by atoms with Crippen molar-refractivity contribution in [1.29, 1.82) is 0 Å². The van der Waals surface area contributed by atoms with Crippen LogP contribution in [0.5, 0.6) is 0 Å². The summed E-state index contributed by atoms with van der Waals surface area (Å²) in [5.41, 5.74) is 1.55. The number of fused-ring (bicyclic) bond motifs is 1. The average molecular weight is 178 g/mol. The Morgan fingerprint density at radius 1 is 1.31 bits per heavy atom. The molecule has 1 unspecified atom stereocenters. The molecule has 0 aromatic heterocycles. The lowest BCUT2D eigenvalue weighted by atomic mass is 9.62. The van der Waals surface area contributed by atoms with Crippen molar-refractivity contribution in [2.45, 2.75) is 46.5 Å². The first-order valence-corrected chi connectivity index (χ1v) is 5.17. The normalized spacial score (nSPS) is 37.2. The van der Waals surface area contributed by atoms with Crippen LogP contribution in [0.3, 0.4) is 0 Å². The minimum absolute atomic E-state index is 0.207. The lowest BCUT2D eigenvalue weighted by Gasteiger charge is -2.41. The van der Waals surface area contributed by atoms with Crippen LogP contribution in [0.2, 0.25) is 0 Å². The first-order valence-electron chi connectivity index (χ1n) is 5.17. The molecule has 0 aromatic rings. The van der Waals surface area contributed by atoms with Gasteiger partial charge in [0.05, 0.1) is 0 Å². The van der Waals surface area contributed by atoms with Crippen LogP contribution in [0.1, 0.15) is 46.5 Å². The summed E-state index contributed by atoms with van der Waals surface area (Å²) in [6, 6.07) is 0. The van der Waals surface area contributed by atoms with E-state index in [1.54, 1.807) is 0 Å². The fourth-order valence-electron chi connectivity index (χ4n) is 3.20. The standard InChI is InChI=1S/C12H18O/c1-11(2)7-10(13)9-5-4-6-12(9,3)8-11/h5H,4,6-8H2,1-3H3. The third kappa shape index (κ3) is 1.34. The number of rotatable bonds is 0. The second-order valence-electron chi connectivity index (χ2n) is 5.66. The molecular weight excluding hydrogens is 160 g/mol. The van der Waals surface area contributed by atoms with Crippen molar-refractivity contribution in [3.05, 3.63) is 11.6 Å². The van der Waals surface area contributed by atoms with Crippen molar-refractivity contribution in [3.8, 4) is 0 Å². The maximum atomic E-state index is 11.8. The fourth-order valence-corrected chi connectivity index (χ4v) is 3.20. The first kappa shape index (κ1) is 8.98. The summed E-state index contributed by atoms with van der Waals surface area (Å²) in [6.45, 7) is 6.68. The maximum Gasteiger partial charge on any atom is 0.159 e. The number of carbonyl (C=O) groups is 1. The monoisotopic (exact) mass is 178 g/mol. The van der Waals surface area contributed by atoms with Gasteiger partial charge in [0.1, 0.15) is 0 Å². The molecule has 1 nitrogen and oxygen atoms in total. The van der Waals surface area contributed by atoms with Crippen molar-refractivity contribution < 1.29 is 4.79 Å². The average Bonchev–Trinajstić information content (AvgIpc) is 2.26. The van der Waals surface area contributed by atoms with E-state index >= 15 is 0 Å². The Balaban J connectivity index is 2.36. The molecule has 0 saturated heterocycles. The number of ketones is 1. The van der Waals surface area contributed by atoms with Crippen molar-refractivity contribution >= 4 is 5.78 Å². The second kappa shape index (κ2) is 2.46. The van der Waals surface area contributed by atoms with Crippen LogP contribution < -0.4 is 0 Å². The van der Waals surface area contributed by atoms with Gasteiger partial charge in [-0.1, -0.05) is 26.8 Å².